The number of Topliss-reactive ketones (excluding diaryl/α,β-unsaturated/α-hetero) is 1. The molecule has 0 fully saturated rings. The first-order valence-corrected chi connectivity index (χ1v) is 12.8. The maximum absolute atomic E-state index is 12.4. The van der Waals surface area contributed by atoms with Crippen LogP contribution in [0.1, 0.15) is 110 Å². The monoisotopic (exact) mass is 468 g/mol. The van der Waals surface area contributed by atoms with E-state index in [1.54, 1.807) is 6.29 Å². The molecule has 191 valence electrons. The third kappa shape index (κ3) is 16.5. The lowest BCUT2D eigenvalue weighted by molar-refractivity contribution is -0.142. The molecule has 0 spiro atoms. The van der Waals surface area contributed by atoms with Gasteiger partial charge in [-0.3, -0.25) is 14.4 Å². The molecule has 0 aliphatic carbocycles. The number of nitrogens with two attached hydrogens (primary N) is 2. The van der Waals surface area contributed by atoms with Crippen LogP contribution in [0, 0.1) is 5.92 Å². The minimum Gasteiger partial charge on any atom is -0.480 e. The minimum atomic E-state index is -1.32. The van der Waals surface area contributed by atoms with Crippen LogP contribution in [0.2, 0.25) is 0 Å². The number of ketones is 1. The molecule has 1 unspecified atom stereocenters. The zero-order chi connectivity index (χ0) is 24.9. The van der Waals surface area contributed by atoms with E-state index in [1.807, 2.05) is 0 Å². The van der Waals surface area contributed by atoms with Crippen LogP contribution in [0.15, 0.2) is 0 Å². The largest absolute Gasteiger partial charge is 0.480 e. The first kappa shape index (κ1) is 31.2. The number of carboxylic acid groups (broad SMARTS) is 1. The standard InChI is InChI=1S/C25H46N3O5/c1-2-3-4-5-6-7-8-9-10-11-12-16-23(30)28-22(25(32)33)18-20(19-29)24(31)21(27)15-13-14-17-26/h20-22H,2-18,26-27H2,1H3,(H,28,30)(H,32,33)/t20?,21-,22-/m0/s1. The summed E-state index contributed by atoms with van der Waals surface area (Å²) in [5.74, 6) is -3.50. The highest BCUT2D eigenvalue weighted by molar-refractivity contribution is 5.97. The Bertz CT molecular complexity index is 556. The Morgan fingerprint density at radius 2 is 1.42 bits per heavy atom. The molecule has 8 heteroatoms. The van der Waals surface area contributed by atoms with Crippen molar-refractivity contribution in [3.8, 4) is 0 Å². The topological polar surface area (TPSA) is 153 Å². The highest BCUT2D eigenvalue weighted by atomic mass is 16.4. The van der Waals surface area contributed by atoms with Gasteiger partial charge in [0.25, 0.3) is 0 Å². The number of hydrogen-bond donors (Lipinski definition) is 4. The molecule has 0 aromatic carbocycles. The molecule has 0 aromatic rings. The normalized spacial score (nSPS) is 13.8. The van der Waals surface area contributed by atoms with Crippen molar-refractivity contribution >= 4 is 23.9 Å². The summed E-state index contributed by atoms with van der Waals surface area (Å²) in [6.07, 6.45) is 16.0. The summed E-state index contributed by atoms with van der Waals surface area (Å²) in [6, 6.07) is -2.19. The number of carboxylic acids is 1. The van der Waals surface area contributed by atoms with Gasteiger partial charge in [0.1, 0.15) is 6.04 Å². The number of nitrogens with one attached hydrogen (secondary N) is 1. The Balaban J connectivity index is 4.20. The summed E-state index contributed by atoms with van der Waals surface area (Å²) in [7, 11) is 0. The van der Waals surface area contributed by atoms with Crippen molar-refractivity contribution in [2.24, 2.45) is 17.4 Å². The fourth-order valence-electron chi connectivity index (χ4n) is 3.81. The number of unbranched alkanes of at least 4 members (excludes halogenated alkanes) is 11. The molecule has 0 bridgehead atoms. The Morgan fingerprint density at radius 1 is 0.879 bits per heavy atom. The van der Waals surface area contributed by atoms with Crippen molar-refractivity contribution in [2.45, 2.75) is 122 Å². The van der Waals surface area contributed by atoms with Crippen molar-refractivity contribution in [1.29, 1.82) is 0 Å². The second kappa shape index (κ2) is 20.8. The van der Waals surface area contributed by atoms with Crippen molar-refractivity contribution in [3.05, 3.63) is 0 Å². The molecule has 3 atom stereocenters. The number of carbonyl (C=O) groups is 3. The van der Waals surface area contributed by atoms with E-state index in [4.69, 9.17) is 11.5 Å². The summed E-state index contributed by atoms with van der Waals surface area (Å²) in [5.41, 5.74) is 11.3. The van der Waals surface area contributed by atoms with E-state index in [2.05, 4.69) is 12.2 Å². The highest BCUT2D eigenvalue weighted by Gasteiger charge is 2.31. The summed E-state index contributed by atoms with van der Waals surface area (Å²) in [4.78, 5) is 47.4. The molecule has 0 saturated heterocycles. The summed E-state index contributed by atoms with van der Waals surface area (Å²) < 4.78 is 0. The molecule has 1 amide bonds. The molecule has 0 heterocycles. The van der Waals surface area contributed by atoms with E-state index >= 15 is 0 Å². The molecule has 33 heavy (non-hydrogen) atoms. The van der Waals surface area contributed by atoms with Crippen LogP contribution in [0.25, 0.3) is 0 Å². The van der Waals surface area contributed by atoms with Gasteiger partial charge in [0.2, 0.25) is 12.2 Å². The highest BCUT2D eigenvalue weighted by Crippen LogP contribution is 2.14. The lowest BCUT2D eigenvalue weighted by Crippen LogP contribution is -2.45. The molecular formula is C25H46N3O5. The Morgan fingerprint density at radius 3 is 1.91 bits per heavy atom. The molecule has 1 radical (unpaired) electrons. The van der Waals surface area contributed by atoms with Gasteiger partial charge in [0.05, 0.1) is 12.0 Å². The SMILES string of the molecule is CCCCCCCCCCCCCC(=O)N[C@@H](CC([C]=O)C(=O)[C@@H](N)CCCCN)C(=O)O. The Kier molecular flexibility index (Phi) is 19.6. The van der Waals surface area contributed by atoms with Crippen molar-refractivity contribution in [1.82, 2.24) is 5.32 Å². The number of amides is 1. The Hall–Kier alpha value is -1.80. The number of hydrogen-bond acceptors (Lipinski definition) is 6. The van der Waals surface area contributed by atoms with E-state index in [1.165, 1.54) is 44.9 Å². The number of aliphatic carboxylic acids is 1. The lowest BCUT2D eigenvalue weighted by Gasteiger charge is -2.19. The first-order valence-electron chi connectivity index (χ1n) is 12.8. The zero-order valence-electron chi connectivity index (χ0n) is 20.5. The molecular weight excluding hydrogens is 422 g/mol. The summed E-state index contributed by atoms with van der Waals surface area (Å²) >= 11 is 0. The maximum atomic E-state index is 12.4. The zero-order valence-corrected chi connectivity index (χ0v) is 20.5. The predicted octanol–water partition coefficient (Wildman–Crippen LogP) is 3.40. The molecule has 0 aliphatic heterocycles. The van der Waals surface area contributed by atoms with Crippen LogP contribution >= 0.6 is 0 Å². The van der Waals surface area contributed by atoms with Gasteiger partial charge in [-0.25, -0.2) is 4.79 Å². The number of carbonyl (C=O) groups excluding carboxylic acids is 3. The second-order valence-electron chi connectivity index (χ2n) is 8.94. The van der Waals surface area contributed by atoms with Crippen LogP contribution in [-0.4, -0.2) is 47.7 Å². The second-order valence-corrected chi connectivity index (χ2v) is 8.94. The van der Waals surface area contributed by atoms with Gasteiger partial charge in [0, 0.05) is 6.42 Å². The quantitative estimate of drug-likeness (QED) is 0.132. The van der Waals surface area contributed by atoms with Gasteiger partial charge in [0.15, 0.2) is 5.78 Å². The average Bonchev–Trinajstić information content (AvgIpc) is 2.79. The third-order valence-corrected chi connectivity index (χ3v) is 5.93. The maximum Gasteiger partial charge on any atom is 0.326 e. The van der Waals surface area contributed by atoms with Gasteiger partial charge < -0.3 is 21.9 Å². The van der Waals surface area contributed by atoms with Crippen molar-refractivity contribution in [3.63, 3.8) is 0 Å². The Labute approximate surface area is 199 Å². The van der Waals surface area contributed by atoms with Crippen molar-refractivity contribution < 1.29 is 24.3 Å². The van der Waals surface area contributed by atoms with Gasteiger partial charge in [-0.1, -0.05) is 77.6 Å². The van der Waals surface area contributed by atoms with E-state index < -0.39 is 29.8 Å². The van der Waals surface area contributed by atoms with E-state index in [-0.39, 0.29) is 18.7 Å². The van der Waals surface area contributed by atoms with Crippen LogP contribution in [0.5, 0.6) is 0 Å². The average molecular weight is 469 g/mol. The molecule has 0 aliphatic rings. The summed E-state index contributed by atoms with van der Waals surface area (Å²) in [6.45, 7) is 2.70. The fraction of sp³-hybridized carbons (Fsp3) is 0.840. The van der Waals surface area contributed by atoms with Crippen LogP contribution in [0.3, 0.4) is 0 Å². The van der Waals surface area contributed by atoms with Crippen molar-refractivity contribution in [2.75, 3.05) is 6.54 Å². The van der Waals surface area contributed by atoms with Gasteiger partial charge >= 0.3 is 5.97 Å². The first-order chi connectivity index (χ1) is 15.9. The molecule has 6 N–H and O–H groups in total. The molecule has 8 nitrogen and oxygen atoms in total. The van der Waals surface area contributed by atoms with Crippen LogP contribution < -0.4 is 16.8 Å². The minimum absolute atomic E-state index is 0.225. The fourth-order valence-corrected chi connectivity index (χ4v) is 3.81. The molecule has 0 rings (SSSR count). The van der Waals surface area contributed by atoms with Crippen LogP contribution in [-0.2, 0) is 19.2 Å². The van der Waals surface area contributed by atoms with Gasteiger partial charge in [-0.15, -0.1) is 0 Å². The number of rotatable bonds is 23. The van der Waals surface area contributed by atoms with E-state index in [0.717, 1.165) is 19.3 Å². The van der Waals surface area contributed by atoms with Gasteiger partial charge in [-0.05, 0) is 32.2 Å². The molecule has 0 saturated carbocycles. The van der Waals surface area contributed by atoms with E-state index in [9.17, 15) is 24.3 Å². The van der Waals surface area contributed by atoms with Gasteiger partial charge in [-0.2, -0.15) is 0 Å². The smallest absolute Gasteiger partial charge is 0.326 e. The summed E-state index contributed by atoms with van der Waals surface area (Å²) in [5, 5.41) is 11.9. The third-order valence-electron chi connectivity index (χ3n) is 5.93. The molecule has 0 aromatic heterocycles. The van der Waals surface area contributed by atoms with E-state index in [0.29, 0.717) is 32.2 Å². The van der Waals surface area contributed by atoms with Crippen LogP contribution in [0.4, 0.5) is 0 Å². The predicted molar refractivity (Wildman–Crippen MR) is 130 cm³/mol. The lowest BCUT2D eigenvalue weighted by atomic mass is 9.90.